The summed E-state index contributed by atoms with van der Waals surface area (Å²) in [6.07, 6.45) is 0. The monoisotopic (exact) mass is 203 g/mol. The van der Waals surface area contributed by atoms with Crippen molar-refractivity contribution in [1.29, 1.82) is 0 Å². The predicted molar refractivity (Wildman–Crippen MR) is 61.9 cm³/mol. The number of nitrogens with zero attached hydrogens (tertiary/aromatic N) is 2. The predicted octanol–water partition coefficient (Wildman–Crippen LogP) is 1.07. The van der Waals surface area contributed by atoms with Crippen molar-refractivity contribution in [3.05, 3.63) is 0 Å². The highest BCUT2D eigenvalue weighted by Gasteiger charge is 2.42. The first-order valence-corrected chi connectivity index (χ1v) is 6.96. The van der Waals surface area contributed by atoms with Gasteiger partial charge < -0.3 is 14.1 Å². The fourth-order valence-corrected chi connectivity index (χ4v) is 6.64. The maximum absolute atomic E-state index is 3.69. The van der Waals surface area contributed by atoms with Crippen molar-refractivity contribution in [2.45, 2.75) is 26.3 Å². The zero-order valence-corrected chi connectivity index (χ0v) is 11.2. The summed E-state index contributed by atoms with van der Waals surface area (Å²) < 4.78 is 4.75. The average Bonchev–Trinajstić information content (AvgIpc) is 1.97. The number of nitrogens with one attached hydrogen (secondary N) is 1. The smallest absolute Gasteiger partial charge is 0.288 e. The van der Waals surface area contributed by atoms with E-state index in [-0.39, 0.29) is 0 Å². The van der Waals surface area contributed by atoms with Crippen LogP contribution in [0, 0.1) is 0 Å². The van der Waals surface area contributed by atoms with Crippen molar-refractivity contribution in [3.8, 4) is 0 Å². The fraction of sp³-hybridized carbons (Fsp3) is 1.00. The standard InChI is InChI=1S/C9H25N3Si/c1-8-10-13(9(2)3,11(4)5)12(6)7/h9-10H,8H2,1-7H3. The van der Waals surface area contributed by atoms with Gasteiger partial charge in [0.05, 0.1) is 0 Å². The molecule has 1 N–H and O–H groups in total. The van der Waals surface area contributed by atoms with Crippen LogP contribution in [0.3, 0.4) is 0 Å². The highest BCUT2D eigenvalue weighted by Crippen LogP contribution is 2.21. The van der Waals surface area contributed by atoms with Gasteiger partial charge in [0, 0.05) is 0 Å². The van der Waals surface area contributed by atoms with E-state index < -0.39 is 8.56 Å². The minimum Gasteiger partial charge on any atom is -0.313 e. The molecule has 0 radical (unpaired) electrons. The molecule has 0 heterocycles. The second-order valence-electron chi connectivity index (χ2n) is 4.20. The van der Waals surface area contributed by atoms with Gasteiger partial charge in [-0.2, -0.15) is 0 Å². The topological polar surface area (TPSA) is 18.5 Å². The van der Waals surface area contributed by atoms with Gasteiger partial charge in [0.25, 0.3) is 8.56 Å². The van der Waals surface area contributed by atoms with Crippen LogP contribution in [0.1, 0.15) is 20.8 Å². The lowest BCUT2D eigenvalue weighted by Crippen LogP contribution is -2.72. The average molecular weight is 203 g/mol. The normalized spacial score (nSPS) is 13.4. The van der Waals surface area contributed by atoms with Crippen molar-refractivity contribution >= 4 is 8.56 Å². The van der Waals surface area contributed by atoms with Gasteiger partial charge >= 0.3 is 0 Å². The van der Waals surface area contributed by atoms with E-state index in [1.54, 1.807) is 0 Å². The molecule has 0 atom stereocenters. The number of hydrogen-bond acceptors (Lipinski definition) is 3. The van der Waals surface area contributed by atoms with Crippen molar-refractivity contribution in [1.82, 2.24) is 14.1 Å². The van der Waals surface area contributed by atoms with Gasteiger partial charge in [-0.15, -0.1) is 0 Å². The second kappa shape index (κ2) is 5.10. The summed E-state index contributed by atoms with van der Waals surface area (Å²) in [5.74, 6) is 0. The Morgan fingerprint density at radius 2 is 1.46 bits per heavy atom. The molecule has 0 aliphatic carbocycles. The molecule has 0 amide bonds. The van der Waals surface area contributed by atoms with Crippen LogP contribution in [0.15, 0.2) is 0 Å². The Balaban J connectivity index is 4.82. The minimum atomic E-state index is -1.61. The largest absolute Gasteiger partial charge is 0.313 e. The highest BCUT2D eigenvalue weighted by molar-refractivity contribution is 6.73. The van der Waals surface area contributed by atoms with Crippen LogP contribution >= 0.6 is 0 Å². The van der Waals surface area contributed by atoms with E-state index in [0.717, 1.165) is 6.54 Å². The van der Waals surface area contributed by atoms with Crippen LogP contribution in [-0.4, -0.2) is 52.4 Å². The molecule has 0 aliphatic rings. The molecular formula is C9H25N3Si. The summed E-state index contributed by atoms with van der Waals surface area (Å²) in [4.78, 5) is 3.69. The van der Waals surface area contributed by atoms with Crippen LogP contribution in [-0.2, 0) is 0 Å². The second-order valence-corrected chi connectivity index (χ2v) is 8.95. The van der Waals surface area contributed by atoms with Gasteiger partial charge in [-0.25, -0.2) is 0 Å². The van der Waals surface area contributed by atoms with Crippen molar-refractivity contribution < 1.29 is 0 Å². The summed E-state index contributed by atoms with van der Waals surface area (Å²) in [5.41, 5.74) is 0.678. The summed E-state index contributed by atoms with van der Waals surface area (Å²) in [5, 5.41) is 0. The van der Waals surface area contributed by atoms with E-state index in [9.17, 15) is 0 Å². The molecule has 0 bridgehead atoms. The van der Waals surface area contributed by atoms with Crippen LogP contribution in [0.2, 0.25) is 5.54 Å². The molecule has 0 aromatic carbocycles. The van der Waals surface area contributed by atoms with E-state index in [1.165, 1.54) is 0 Å². The zero-order valence-electron chi connectivity index (χ0n) is 10.2. The minimum absolute atomic E-state index is 0.678. The molecule has 0 fully saturated rings. The van der Waals surface area contributed by atoms with Gasteiger partial charge in [0.15, 0.2) is 0 Å². The van der Waals surface area contributed by atoms with Gasteiger partial charge in [-0.3, -0.25) is 0 Å². The molecule has 13 heavy (non-hydrogen) atoms. The Kier molecular flexibility index (Phi) is 5.13. The Labute approximate surface area is 84.3 Å². The molecule has 0 saturated heterocycles. The Hall–Kier alpha value is 0.0969. The molecule has 0 rings (SSSR count). The first kappa shape index (κ1) is 13.1. The molecule has 3 nitrogen and oxygen atoms in total. The maximum atomic E-state index is 3.69. The van der Waals surface area contributed by atoms with Gasteiger partial charge in [0.2, 0.25) is 0 Å². The molecule has 0 aromatic heterocycles. The number of hydrogen-bond donors (Lipinski definition) is 1. The lowest BCUT2D eigenvalue weighted by atomic mass is 10.6. The van der Waals surface area contributed by atoms with E-state index in [0.29, 0.717) is 5.54 Å². The molecule has 80 valence electrons. The first-order chi connectivity index (χ1) is 5.89. The summed E-state index contributed by atoms with van der Waals surface area (Å²) in [6.45, 7) is 7.82. The van der Waals surface area contributed by atoms with Crippen molar-refractivity contribution in [3.63, 3.8) is 0 Å². The molecule has 0 aromatic rings. The number of rotatable bonds is 5. The lowest BCUT2D eigenvalue weighted by Gasteiger charge is -2.45. The lowest BCUT2D eigenvalue weighted by molar-refractivity contribution is 0.437. The van der Waals surface area contributed by atoms with Gasteiger partial charge in [-0.05, 0) is 40.3 Å². The Bertz CT molecular complexity index is 124. The molecule has 0 saturated carbocycles. The third kappa shape index (κ3) is 2.53. The SMILES string of the molecule is CCN[Si](C(C)C)(N(C)C)N(C)C. The van der Waals surface area contributed by atoms with E-state index in [1.807, 2.05) is 0 Å². The van der Waals surface area contributed by atoms with E-state index in [4.69, 9.17) is 0 Å². The summed E-state index contributed by atoms with van der Waals surface area (Å²) in [7, 11) is 7.09. The third-order valence-electron chi connectivity index (χ3n) is 2.61. The van der Waals surface area contributed by atoms with Crippen LogP contribution < -0.4 is 4.98 Å². The van der Waals surface area contributed by atoms with Gasteiger partial charge in [0.1, 0.15) is 0 Å². The first-order valence-electron chi connectivity index (χ1n) is 4.99. The fourth-order valence-electron chi connectivity index (χ4n) is 2.21. The zero-order chi connectivity index (χ0) is 10.6. The maximum Gasteiger partial charge on any atom is 0.288 e. The summed E-state index contributed by atoms with van der Waals surface area (Å²) >= 11 is 0. The van der Waals surface area contributed by atoms with Crippen molar-refractivity contribution in [2.75, 3.05) is 34.7 Å². The molecule has 0 aliphatic heterocycles. The van der Waals surface area contributed by atoms with Crippen LogP contribution in [0.25, 0.3) is 0 Å². The van der Waals surface area contributed by atoms with Crippen molar-refractivity contribution in [2.24, 2.45) is 0 Å². The highest BCUT2D eigenvalue weighted by atomic mass is 28.4. The molecule has 4 heteroatoms. The third-order valence-corrected chi connectivity index (χ3v) is 7.82. The van der Waals surface area contributed by atoms with Gasteiger partial charge in [-0.1, -0.05) is 20.8 Å². The molecule has 0 spiro atoms. The summed E-state index contributed by atoms with van der Waals surface area (Å²) in [6, 6.07) is 0. The van der Waals surface area contributed by atoms with E-state index in [2.05, 4.69) is 63.1 Å². The molecule has 0 unspecified atom stereocenters. The van der Waals surface area contributed by atoms with Crippen LogP contribution in [0.5, 0.6) is 0 Å². The Morgan fingerprint density at radius 3 is 1.54 bits per heavy atom. The van der Waals surface area contributed by atoms with Crippen LogP contribution in [0.4, 0.5) is 0 Å². The van der Waals surface area contributed by atoms with E-state index >= 15 is 0 Å². The quantitative estimate of drug-likeness (QED) is 0.674. The Morgan fingerprint density at radius 1 is 1.08 bits per heavy atom. The molecular weight excluding hydrogens is 178 g/mol.